The van der Waals surface area contributed by atoms with E-state index in [2.05, 4.69) is 10.3 Å². The first kappa shape index (κ1) is 12.7. The Hall–Kier alpha value is -2.33. The first-order valence-electron chi connectivity index (χ1n) is 6.11. The Morgan fingerprint density at radius 1 is 1.20 bits per heavy atom. The van der Waals surface area contributed by atoms with Crippen LogP contribution >= 0.6 is 11.6 Å². The van der Waals surface area contributed by atoms with Crippen LogP contribution in [0.25, 0.3) is 11.0 Å². The number of nitrogens with one attached hydrogen (secondary N) is 1. The smallest absolute Gasteiger partial charge is 0.255 e. The number of amides is 1. The first-order chi connectivity index (χ1) is 9.63. The maximum Gasteiger partial charge on any atom is 0.255 e. The fourth-order valence-electron chi connectivity index (χ4n) is 2.01. The minimum absolute atomic E-state index is 0.167. The largest absolute Gasteiger partial charge is 0.334 e. The summed E-state index contributed by atoms with van der Waals surface area (Å²) < 4.78 is 1.91. The molecule has 5 heteroatoms. The molecule has 20 heavy (non-hydrogen) atoms. The van der Waals surface area contributed by atoms with E-state index in [1.54, 1.807) is 42.7 Å². The molecular weight excluding hydrogens is 274 g/mol. The lowest BCUT2D eigenvalue weighted by atomic mass is 10.2. The fourth-order valence-corrected chi connectivity index (χ4v) is 2.14. The number of hydrogen-bond donors (Lipinski definition) is 1. The zero-order chi connectivity index (χ0) is 14.1. The predicted molar refractivity (Wildman–Crippen MR) is 80.1 cm³/mol. The van der Waals surface area contributed by atoms with E-state index >= 15 is 0 Å². The van der Waals surface area contributed by atoms with Crippen LogP contribution in [0.2, 0.25) is 5.02 Å². The van der Waals surface area contributed by atoms with E-state index in [-0.39, 0.29) is 5.91 Å². The Morgan fingerprint density at radius 2 is 1.95 bits per heavy atom. The van der Waals surface area contributed by atoms with Crippen LogP contribution in [0.3, 0.4) is 0 Å². The van der Waals surface area contributed by atoms with Gasteiger partial charge in [0.05, 0.1) is 17.4 Å². The monoisotopic (exact) mass is 285 g/mol. The van der Waals surface area contributed by atoms with Gasteiger partial charge in [0, 0.05) is 23.3 Å². The van der Waals surface area contributed by atoms with Crippen molar-refractivity contribution < 1.29 is 4.79 Å². The summed E-state index contributed by atoms with van der Waals surface area (Å²) in [6.45, 7) is 0. The van der Waals surface area contributed by atoms with Crippen molar-refractivity contribution >= 4 is 34.2 Å². The van der Waals surface area contributed by atoms with Crippen molar-refractivity contribution in [3.05, 3.63) is 59.4 Å². The molecule has 0 spiro atoms. The van der Waals surface area contributed by atoms with Crippen LogP contribution in [0.5, 0.6) is 0 Å². The number of halogens is 1. The van der Waals surface area contributed by atoms with Crippen LogP contribution in [0.4, 0.5) is 5.69 Å². The van der Waals surface area contributed by atoms with Crippen molar-refractivity contribution in [2.45, 2.75) is 0 Å². The SMILES string of the molecule is Cn1cnc2cc(C(=O)Nc3ccc(Cl)cc3)ccc21. The molecule has 0 aliphatic rings. The van der Waals surface area contributed by atoms with E-state index in [1.165, 1.54) is 0 Å². The average molecular weight is 286 g/mol. The Kier molecular flexibility index (Phi) is 3.16. The molecule has 1 heterocycles. The average Bonchev–Trinajstić information content (AvgIpc) is 2.82. The molecule has 1 N–H and O–H groups in total. The molecule has 4 nitrogen and oxygen atoms in total. The molecule has 1 amide bonds. The van der Waals surface area contributed by atoms with Gasteiger partial charge in [-0.2, -0.15) is 0 Å². The third-order valence-electron chi connectivity index (χ3n) is 3.09. The molecule has 0 atom stereocenters. The lowest BCUT2D eigenvalue weighted by Gasteiger charge is -2.05. The number of imidazole rings is 1. The lowest BCUT2D eigenvalue weighted by molar-refractivity contribution is 0.102. The highest BCUT2D eigenvalue weighted by molar-refractivity contribution is 6.30. The summed E-state index contributed by atoms with van der Waals surface area (Å²) in [6, 6.07) is 12.5. The van der Waals surface area contributed by atoms with E-state index in [0.29, 0.717) is 16.3 Å². The molecule has 0 radical (unpaired) electrons. The summed E-state index contributed by atoms with van der Waals surface area (Å²) in [6.07, 6.45) is 1.73. The van der Waals surface area contributed by atoms with E-state index in [1.807, 2.05) is 17.7 Å². The molecule has 2 aromatic carbocycles. The van der Waals surface area contributed by atoms with Gasteiger partial charge in [-0.3, -0.25) is 4.79 Å². The zero-order valence-electron chi connectivity index (χ0n) is 10.8. The van der Waals surface area contributed by atoms with Gasteiger partial charge < -0.3 is 9.88 Å². The molecule has 3 aromatic rings. The van der Waals surface area contributed by atoms with Crippen molar-refractivity contribution in [1.29, 1.82) is 0 Å². The van der Waals surface area contributed by atoms with Gasteiger partial charge in [-0.15, -0.1) is 0 Å². The Balaban J connectivity index is 1.86. The maximum atomic E-state index is 12.2. The summed E-state index contributed by atoms with van der Waals surface area (Å²) in [7, 11) is 1.92. The van der Waals surface area contributed by atoms with E-state index in [0.717, 1.165) is 11.0 Å². The molecule has 0 saturated heterocycles. The topological polar surface area (TPSA) is 46.9 Å². The maximum absolute atomic E-state index is 12.2. The minimum Gasteiger partial charge on any atom is -0.334 e. The van der Waals surface area contributed by atoms with Crippen molar-refractivity contribution in [3.63, 3.8) is 0 Å². The summed E-state index contributed by atoms with van der Waals surface area (Å²) in [5.74, 6) is -0.167. The second-order valence-electron chi connectivity index (χ2n) is 4.52. The van der Waals surface area contributed by atoms with E-state index < -0.39 is 0 Å². The van der Waals surface area contributed by atoms with Crippen molar-refractivity contribution in [2.24, 2.45) is 7.05 Å². The molecule has 0 saturated carbocycles. The molecule has 0 aliphatic heterocycles. The van der Waals surface area contributed by atoms with Gasteiger partial charge >= 0.3 is 0 Å². The second kappa shape index (κ2) is 4.98. The van der Waals surface area contributed by atoms with Crippen LogP contribution in [0.1, 0.15) is 10.4 Å². The second-order valence-corrected chi connectivity index (χ2v) is 4.96. The Morgan fingerprint density at radius 3 is 2.70 bits per heavy atom. The quantitative estimate of drug-likeness (QED) is 0.783. The standard InChI is InChI=1S/C15H12ClN3O/c1-19-9-17-13-8-10(2-7-14(13)19)15(20)18-12-5-3-11(16)4-6-12/h2-9H,1H3,(H,18,20). The van der Waals surface area contributed by atoms with Crippen molar-refractivity contribution in [3.8, 4) is 0 Å². The number of hydrogen-bond acceptors (Lipinski definition) is 2. The van der Waals surface area contributed by atoms with Crippen molar-refractivity contribution in [2.75, 3.05) is 5.32 Å². The molecule has 0 bridgehead atoms. The minimum atomic E-state index is -0.167. The third-order valence-corrected chi connectivity index (χ3v) is 3.34. The van der Waals surface area contributed by atoms with Crippen molar-refractivity contribution in [1.82, 2.24) is 9.55 Å². The van der Waals surface area contributed by atoms with Gasteiger partial charge in [-0.1, -0.05) is 11.6 Å². The highest BCUT2D eigenvalue weighted by atomic mass is 35.5. The predicted octanol–water partition coefficient (Wildman–Crippen LogP) is 3.48. The molecule has 0 unspecified atom stereocenters. The van der Waals surface area contributed by atoms with Crippen LogP contribution in [0.15, 0.2) is 48.8 Å². The third kappa shape index (κ3) is 2.38. The van der Waals surface area contributed by atoms with Gasteiger partial charge in [0.15, 0.2) is 0 Å². The molecule has 0 fully saturated rings. The Bertz CT molecular complexity index is 777. The fraction of sp³-hybridized carbons (Fsp3) is 0.0667. The van der Waals surface area contributed by atoms with Crippen LogP contribution in [-0.4, -0.2) is 15.5 Å². The normalized spacial score (nSPS) is 10.7. The number of benzene rings is 2. The van der Waals surface area contributed by atoms with Gasteiger partial charge in [-0.25, -0.2) is 4.98 Å². The number of anilines is 1. The zero-order valence-corrected chi connectivity index (χ0v) is 11.6. The molecule has 1 aromatic heterocycles. The number of carbonyl (C=O) groups excluding carboxylic acids is 1. The van der Waals surface area contributed by atoms with Gasteiger partial charge in [0.25, 0.3) is 5.91 Å². The number of aryl methyl sites for hydroxylation is 1. The Labute approximate surface area is 121 Å². The van der Waals surface area contributed by atoms with E-state index in [4.69, 9.17) is 11.6 Å². The van der Waals surface area contributed by atoms with Crippen LogP contribution in [0, 0.1) is 0 Å². The number of carbonyl (C=O) groups is 1. The molecular formula is C15H12ClN3O. The van der Waals surface area contributed by atoms with Gasteiger partial charge in [0.2, 0.25) is 0 Å². The number of nitrogens with zero attached hydrogens (tertiary/aromatic N) is 2. The summed E-state index contributed by atoms with van der Waals surface area (Å²) in [5.41, 5.74) is 3.08. The van der Waals surface area contributed by atoms with E-state index in [9.17, 15) is 4.79 Å². The molecule has 100 valence electrons. The number of fused-ring (bicyclic) bond motifs is 1. The summed E-state index contributed by atoms with van der Waals surface area (Å²) in [4.78, 5) is 16.4. The van der Waals surface area contributed by atoms with Gasteiger partial charge in [-0.05, 0) is 42.5 Å². The molecule has 0 aliphatic carbocycles. The number of rotatable bonds is 2. The summed E-state index contributed by atoms with van der Waals surface area (Å²) >= 11 is 5.81. The highest BCUT2D eigenvalue weighted by Gasteiger charge is 2.08. The van der Waals surface area contributed by atoms with Crippen LogP contribution in [-0.2, 0) is 7.05 Å². The number of aromatic nitrogens is 2. The molecule has 3 rings (SSSR count). The lowest BCUT2D eigenvalue weighted by Crippen LogP contribution is -2.11. The first-order valence-corrected chi connectivity index (χ1v) is 6.49. The van der Waals surface area contributed by atoms with Crippen LogP contribution < -0.4 is 5.32 Å². The highest BCUT2D eigenvalue weighted by Crippen LogP contribution is 2.17. The summed E-state index contributed by atoms with van der Waals surface area (Å²) in [5, 5.41) is 3.46. The van der Waals surface area contributed by atoms with Gasteiger partial charge in [0.1, 0.15) is 0 Å².